The van der Waals surface area contributed by atoms with E-state index >= 15 is 0 Å². The molecule has 0 aliphatic carbocycles. The Morgan fingerprint density at radius 3 is 2.62 bits per heavy atom. The highest BCUT2D eigenvalue weighted by atomic mass is 16.5. The van der Waals surface area contributed by atoms with E-state index in [1.54, 1.807) is 31.1 Å². The van der Waals surface area contributed by atoms with Crippen LogP contribution < -0.4 is 15.0 Å². The lowest BCUT2D eigenvalue weighted by atomic mass is 9.97. The monoisotopic (exact) mass is 497 g/mol. The van der Waals surface area contributed by atoms with Gasteiger partial charge in [-0.05, 0) is 59.0 Å². The van der Waals surface area contributed by atoms with Crippen molar-refractivity contribution >= 4 is 33.4 Å². The number of rotatable bonds is 6. The zero-order valence-electron chi connectivity index (χ0n) is 21.1. The number of hydrogen-bond acceptors (Lipinski definition) is 7. The zero-order chi connectivity index (χ0) is 25.5. The van der Waals surface area contributed by atoms with Gasteiger partial charge in [0, 0.05) is 44.7 Å². The maximum atomic E-state index is 12.0. The number of hydrogen-bond donors (Lipinski definition) is 2. The van der Waals surface area contributed by atoms with E-state index in [9.17, 15) is 9.90 Å². The number of nitrogens with one attached hydrogen (secondary N) is 1. The van der Waals surface area contributed by atoms with Gasteiger partial charge in [0.05, 0.1) is 11.9 Å². The molecule has 6 rings (SSSR count). The lowest BCUT2D eigenvalue weighted by molar-refractivity contribution is -0.129. The number of carbonyl (C=O) groups excluding carboxylic acids is 1. The summed E-state index contributed by atoms with van der Waals surface area (Å²) in [7, 11) is 3.47. The number of benzene rings is 3. The van der Waals surface area contributed by atoms with Gasteiger partial charge in [-0.25, -0.2) is 0 Å². The van der Waals surface area contributed by atoms with Crippen LogP contribution in [0.3, 0.4) is 0 Å². The molecule has 3 heterocycles. The molecule has 0 spiro atoms. The first kappa shape index (κ1) is 23.5. The van der Waals surface area contributed by atoms with Crippen molar-refractivity contribution in [2.75, 3.05) is 38.7 Å². The maximum absolute atomic E-state index is 12.0. The summed E-state index contributed by atoms with van der Waals surface area (Å²) in [6, 6.07) is 19.0. The van der Waals surface area contributed by atoms with Crippen LogP contribution in [0, 0.1) is 0 Å². The molecule has 37 heavy (non-hydrogen) atoms. The number of ether oxygens (including phenoxy) is 1. The van der Waals surface area contributed by atoms with Crippen LogP contribution in [0.15, 0.2) is 54.6 Å². The van der Waals surface area contributed by atoms with Gasteiger partial charge in [0.2, 0.25) is 5.91 Å². The van der Waals surface area contributed by atoms with Crippen molar-refractivity contribution in [3.8, 4) is 22.9 Å². The van der Waals surface area contributed by atoms with E-state index in [0.29, 0.717) is 12.1 Å². The number of phenols is 1. The van der Waals surface area contributed by atoms with Crippen LogP contribution in [0.4, 0.5) is 5.82 Å². The SMILES string of the molecule is CN(C)C(=O)CCOc1nc(N2C[C@H]3CC[C@@H](C2)N3)c2ccc(-c3cc(O)cc4ccccc34)cc2n1. The highest BCUT2D eigenvalue weighted by molar-refractivity contribution is 6.00. The Morgan fingerprint density at radius 2 is 1.84 bits per heavy atom. The summed E-state index contributed by atoms with van der Waals surface area (Å²) in [6.45, 7) is 1.99. The predicted molar refractivity (Wildman–Crippen MR) is 145 cm³/mol. The fraction of sp³-hybridized carbons (Fsp3) is 0.345. The summed E-state index contributed by atoms with van der Waals surface area (Å²) in [6.07, 6.45) is 2.61. The topological polar surface area (TPSA) is 90.8 Å². The van der Waals surface area contributed by atoms with Crippen molar-refractivity contribution in [1.29, 1.82) is 0 Å². The molecule has 2 N–H and O–H groups in total. The van der Waals surface area contributed by atoms with Crippen LogP contribution in [0.1, 0.15) is 19.3 Å². The first-order chi connectivity index (χ1) is 17.9. The Morgan fingerprint density at radius 1 is 1.05 bits per heavy atom. The number of carbonyl (C=O) groups is 1. The second kappa shape index (κ2) is 9.52. The lowest BCUT2D eigenvalue weighted by Gasteiger charge is -2.34. The molecule has 4 aromatic rings. The van der Waals surface area contributed by atoms with Gasteiger partial charge in [-0.3, -0.25) is 4.79 Å². The maximum Gasteiger partial charge on any atom is 0.318 e. The molecule has 3 aromatic carbocycles. The van der Waals surface area contributed by atoms with Crippen LogP contribution in [0.5, 0.6) is 11.8 Å². The largest absolute Gasteiger partial charge is 0.508 e. The molecule has 2 aliphatic heterocycles. The number of anilines is 1. The van der Waals surface area contributed by atoms with Crippen molar-refractivity contribution in [3.63, 3.8) is 0 Å². The fourth-order valence-corrected chi connectivity index (χ4v) is 5.52. The minimum absolute atomic E-state index is 0.00209. The van der Waals surface area contributed by atoms with E-state index < -0.39 is 0 Å². The van der Waals surface area contributed by atoms with Crippen molar-refractivity contribution in [2.24, 2.45) is 0 Å². The molecule has 2 atom stereocenters. The molecule has 8 heteroatoms. The fourth-order valence-electron chi connectivity index (χ4n) is 5.52. The highest BCUT2D eigenvalue weighted by Gasteiger charge is 2.33. The summed E-state index contributed by atoms with van der Waals surface area (Å²) in [5.74, 6) is 1.09. The molecule has 2 aliphatic rings. The molecule has 2 saturated heterocycles. The number of amides is 1. The number of phenolic OH excluding ortho intramolecular Hbond substituents is 1. The van der Waals surface area contributed by atoms with Crippen LogP contribution in [-0.4, -0.2) is 71.8 Å². The minimum atomic E-state index is -0.00209. The Kier molecular flexibility index (Phi) is 6.04. The van der Waals surface area contributed by atoms with E-state index in [2.05, 4.69) is 28.4 Å². The normalized spacial score (nSPS) is 18.9. The molecular formula is C29H31N5O3. The molecule has 0 radical (unpaired) electrons. The Labute approximate surface area is 215 Å². The van der Waals surface area contributed by atoms with E-state index in [0.717, 1.165) is 51.7 Å². The quantitative estimate of drug-likeness (QED) is 0.417. The summed E-state index contributed by atoms with van der Waals surface area (Å²) >= 11 is 0. The summed E-state index contributed by atoms with van der Waals surface area (Å²) in [5.41, 5.74) is 2.67. The molecule has 2 bridgehead atoms. The lowest BCUT2D eigenvalue weighted by Crippen LogP contribution is -2.51. The Hall–Kier alpha value is -3.91. The predicted octanol–water partition coefficient (Wildman–Crippen LogP) is 3.95. The highest BCUT2D eigenvalue weighted by Crippen LogP contribution is 2.36. The van der Waals surface area contributed by atoms with Crippen molar-refractivity contribution < 1.29 is 14.6 Å². The van der Waals surface area contributed by atoms with Gasteiger partial charge in [-0.1, -0.05) is 30.3 Å². The molecule has 1 amide bonds. The van der Waals surface area contributed by atoms with Crippen LogP contribution in [0.2, 0.25) is 0 Å². The van der Waals surface area contributed by atoms with Gasteiger partial charge >= 0.3 is 6.01 Å². The molecule has 2 fully saturated rings. The first-order valence-electron chi connectivity index (χ1n) is 12.8. The van der Waals surface area contributed by atoms with Gasteiger partial charge in [0.15, 0.2) is 0 Å². The van der Waals surface area contributed by atoms with Crippen LogP contribution in [-0.2, 0) is 4.79 Å². The Bertz CT molecular complexity index is 1480. The van der Waals surface area contributed by atoms with Gasteiger partial charge < -0.3 is 25.0 Å². The molecule has 8 nitrogen and oxygen atoms in total. The third-order valence-electron chi connectivity index (χ3n) is 7.38. The number of nitrogens with zero attached hydrogens (tertiary/aromatic N) is 4. The smallest absolute Gasteiger partial charge is 0.318 e. The standard InChI is InChI=1S/C29H31N5O3/c1-33(2)27(36)11-12-37-29-31-26-14-19(25-15-22(35)13-18-5-3-4-6-23(18)25)7-10-24(26)28(32-29)34-16-20-8-9-21(17-34)30-20/h3-7,10,13-15,20-21,30,35H,8-9,11-12,16-17H2,1-2H3/t20-,21+. The number of aromatic nitrogens is 2. The van der Waals surface area contributed by atoms with Crippen molar-refractivity contribution in [3.05, 3.63) is 54.6 Å². The zero-order valence-corrected chi connectivity index (χ0v) is 21.1. The Balaban J connectivity index is 1.42. The van der Waals surface area contributed by atoms with Crippen molar-refractivity contribution in [2.45, 2.75) is 31.3 Å². The van der Waals surface area contributed by atoms with E-state index in [1.165, 1.54) is 12.8 Å². The molecule has 0 unspecified atom stereocenters. The number of fused-ring (bicyclic) bond motifs is 4. The molecular weight excluding hydrogens is 466 g/mol. The second-order valence-electron chi connectivity index (χ2n) is 10.2. The second-order valence-corrected chi connectivity index (χ2v) is 10.2. The third-order valence-corrected chi connectivity index (χ3v) is 7.38. The molecule has 0 saturated carbocycles. The third kappa shape index (κ3) is 4.64. The van der Waals surface area contributed by atoms with Gasteiger partial charge in [0.1, 0.15) is 18.2 Å². The summed E-state index contributed by atoms with van der Waals surface area (Å²) in [5, 5.41) is 17.1. The van der Waals surface area contributed by atoms with Gasteiger partial charge in [0.25, 0.3) is 0 Å². The van der Waals surface area contributed by atoms with Crippen LogP contribution in [0.25, 0.3) is 32.8 Å². The van der Waals surface area contributed by atoms with Gasteiger partial charge in [-0.15, -0.1) is 0 Å². The average Bonchev–Trinajstić information content (AvgIpc) is 3.24. The number of aromatic hydroxyl groups is 1. The first-order valence-corrected chi connectivity index (χ1v) is 12.8. The van der Waals surface area contributed by atoms with E-state index in [1.807, 2.05) is 24.3 Å². The van der Waals surface area contributed by atoms with E-state index in [4.69, 9.17) is 14.7 Å². The average molecular weight is 498 g/mol. The summed E-state index contributed by atoms with van der Waals surface area (Å²) in [4.78, 5) is 25.5. The molecule has 1 aromatic heterocycles. The number of piperazine rings is 1. The molecule has 190 valence electrons. The summed E-state index contributed by atoms with van der Waals surface area (Å²) < 4.78 is 5.92. The van der Waals surface area contributed by atoms with Crippen molar-refractivity contribution in [1.82, 2.24) is 20.2 Å². The van der Waals surface area contributed by atoms with Crippen LogP contribution >= 0.6 is 0 Å². The van der Waals surface area contributed by atoms with Gasteiger partial charge in [-0.2, -0.15) is 9.97 Å². The minimum Gasteiger partial charge on any atom is -0.508 e. The van der Waals surface area contributed by atoms with E-state index in [-0.39, 0.29) is 30.7 Å².